The Bertz CT molecular complexity index is 237. The highest BCUT2D eigenvalue weighted by atomic mass is 16.6. The molecule has 1 rings (SSSR count). The third kappa shape index (κ3) is 4.58. The minimum absolute atomic E-state index is 0.121. The van der Waals surface area contributed by atoms with Crippen LogP contribution in [0.2, 0.25) is 0 Å². The van der Waals surface area contributed by atoms with Crippen LogP contribution in [0, 0.1) is 5.41 Å². The van der Waals surface area contributed by atoms with Crippen LogP contribution in [0.1, 0.15) is 51.9 Å². The maximum Gasteiger partial charge on any atom is 0.313 e. The van der Waals surface area contributed by atoms with Crippen molar-refractivity contribution in [1.82, 2.24) is 0 Å². The summed E-state index contributed by atoms with van der Waals surface area (Å²) >= 11 is 0. The van der Waals surface area contributed by atoms with Crippen molar-refractivity contribution in [2.75, 3.05) is 26.4 Å². The second-order valence-corrected chi connectivity index (χ2v) is 5.15. The first kappa shape index (κ1) is 15.4. The second kappa shape index (κ2) is 8.48. The van der Waals surface area contributed by atoms with Gasteiger partial charge in [-0.05, 0) is 19.3 Å². The van der Waals surface area contributed by atoms with Crippen molar-refractivity contribution in [3.63, 3.8) is 0 Å². The highest BCUT2D eigenvalue weighted by Gasteiger charge is 2.39. The van der Waals surface area contributed by atoms with Crippen molar-refractivity contribution in [2.45, 2.75) is 51.9 Å². The molecule has 0 aromatic carbocycles. The van der Waals surface area contributed by atoms with Crippen LogP contribution in [0.15, 0.2) is 0 Å². The van der Waals surface area contributed by atoms with Gasteiger partial charge in [-0.1, -0.05) is 32.6 Å². The maximum atomic E-state index is 12.1. The van der Waals surface area contributed by atoms with Crippen LogP contribution in [-0.2, 0) is 14.3 Å². The minimum Gasteiger partial charge on any atom is -0.463 e. The van der Waals surface area contributed by atoms with E-state index in [4.69, 9.17) is 15.2 Å². The van der Waals surface area contributed by atoms with E-state index in [0.29, 0.717) is 19.8 Å². The third-order valence-corrected chi connectivity index (χ3v) is 3.74. The van der Waals surface area contributed by atoms with E-state index >= 15 is 0 Å². The largest absolute Gasteiger partial charge is 0.463 e. The number of carbonyl (C=O) groups is 1. The van der Waals surface area contributed by atoms with Crippen LogP contribution >= 0.6 is 0 Å². The molecule has 0 atom stereocenters. The lowest BCUT2D eigenvalue weighted by Gasteiger charge is -2.33. The number of ether oxygens (including phenoxy) is 2. The Labute approximate surface area is 110 Å². The molecule has 1 aliphatic rings. The summed E-state index contributed by atoms with van der Waals surface area (Å²) in [5, 5.41) is 0. The summed E-state index contributed by atoms with van der Waals surface area (Å²) in [7, 11) is 0. The van der Waals surface area contributed by atoms with Crippen molar-refractivity contribution in [3.05, 3.63) is 0 Å². The topological polar surface area (TPSA) is 61.5 Å². The quantitative estimate of drug-likeness (QED) is 0.535. The third-order valence-electron chi connectivity index (χ3n) is 3.74. The molecule has 4 nitrogen and oxygen atoms in total. The van der Waals surface area contributed by atoms with E-state index in [-0.39, 0.29) is 5.97 Å². The van der Waals surface area contributed by atoms with E-state index in [9.17, 15) is 4.79 Å². The van der Waals surface area contributed by atoms with Gasteiger partial charge in [-0.2, -0.15) is 0 Å². The number of hydrogen-bond donors (Lipinski definition) is 1. The van der Waals surface area contributed by atoms with E-state index in [1.807, 2.05) is 0 Å². The lowest BCUT2D eigenvalue weighted by atomic mass is 9.74. The summed E-state index contributed by atoms with van der Waals surface area (Å²) in [5.74, 6) is -0.121. The van der Waals surface area contributed by atoms with Gasteiger partial charge in [-0.25, -0.2) is 0 Å². The average molecular weight is 257 g/mol. The van der Waals surface area contributed by atoms with Gasteiger partial charge < -0.3 is 15.2 Å². The standard InChI is InChI=1S/C14H27NO3/c1-2-3-9-17-10-11-18-13(16)14(12-15)7-5-4-6-8-14/h2-12,15H2,1H3. The smallest absolute Gasteiger partial charge is 0.313 e. The number of carbonyl (C=O) groups excluding carboxylic acids is 1. The maximum absolute atomic E-state index is 12.1. The molecule has 18 heavy (non-hydrogen) atoms. The zero-order valence-electron chi connectivity index (χ0n) is 11.6. The molecule has 1 fully saturated rings. The van der Waals surface area contributed by atoms with E-state index < -0.39 is 5.41 Å². The Morgan fingerprint density at radius 1 is 1.17 bits per heavy atom. The highest BCUT2D eigenvalue weighted by Crippen LogP contribution is 2.36. The Morgan fingerprint density at radius 2 is 1.89 bits per heavy atom. The summed E-state index contributed by atoms with van der Waals surface area (Å²) in [6.07, 6.45) is 7.29. The highest BCUT2D eigenvalue weighted by molar-refractivity contribution is 5.77. The normalized spacial score (nSPS) is 18.6. The fourth-order valence-corrected chi connectivity index (χ4v) is 2.41. The van der Waals surface area contributed by atoms with Crippen LogP contribution in [0.5, 0.6) is 0 Å². The van der Waals surface area contributed by atoms with E-state index in [0.717, 1.165) is 45.1 Å². The van der Waals surface area contributed by atoms with Gasteiger partial charge in [0, 0.05) is 13.2 Å². The van der Waals surface area contributed by atoms with Gasteiger partial charge in [-0.3, -0.25) is 4.79 Å². The van der Waals surface area contributed by atoms with Crippen molar-refractivity contribution >= 4 is 5.97 Å². The zero-order valence-corrected chi connectivity index (χ0v) is 11.6. The van der Waals surface area contributed by atoms with Gasteiger partial charge in [0.2, 0.25) is 0 Å². The Balaban J connectivity index is 2.21. The summed E-state index contributed by atoms with van der Waals surface area (Å²) < 4.78 is 10.7. The number of unbranched alkanes of at least 4 members (excludes halogenated alkanes) is 1. The van der Waals surface area contributed by atoms with Crippen LogP contribution < -0.4 is 5.73 Å². The molecular weight excluding hydrogens is 230 g/mol. The van der Waals surface area contributed by atoms with Crippen LogP contribution in [0.4, 0.5) is 0 Å². The van der Waals surface area contributed by atoms with E-state index in [2.05, 4.69) is 6.92 Å². The molecular formula is C14H27NO3. The molecule has 0 amide bonds. The Hall–Kier alpha value is -0.610. The van der Waals surface area contributed by atoms with Crippen molar-refractivity contribution in [1.29, 1.82) is 0 Å². The van der Waals surface area contributed by atoms with Gasteiger partial charge in [-0.15, -0.1) is 0 Å². The molecule has 0 aromatic rings. The van der Waals surface area contributed by atoms with Gasteiger partial charge in [0.05, 0.1) is 12.0 Å². The molecule has 0 radical (unpaired) electrons. The molecule has 0 aromatic heterocycles. The molecule has 2 N–H and O–H groups in total. The van der Waals surface area contributed by atoms with Crippen LogP contribution in [-0.4, -0.2) is 32.3 Å². The monoisotopic (exact) mass is 257 g/mol. The molecule has 0 saturated heterocycles. The van der Waals surface area contributed by atoms with Crippen LogP contribution in [0.25, 0.3) is 0 Å². The first-order valence-corrected chi connectivity index (χ1v) is 7.20. The predicted octanol–water partition coefficient (Wildman–Crippen LogP) is 2.26. The molecule has 0 heterocycles. The SMILES string of the molecule is CCCCOCCOC(=O)C1(CN)CCCCC1. The van der Waals surface area contributed by atoms with Crippen LogP contribution in [0.3, 0.4) is 0 Å². The summed E-state index contributed by atoms with van der Waals surface area (Å²) in [5.41, 5.74) is 5.36. The first-order valence-electron chi connectivity index (χ1n) is 7.20. The van der Waals surface area contributed by atoms with Crippen molar-refractivity contribution in [3.8, 4) is 0 Å². The molecule has 0 unspecified atom stereocenters. The molecule has 1 saturated carbocycles. The predicted molar refractivity (Wildman–Crippen MR) is 71.3 cm³/mol. The first-order chi connectivity index (χ1) is 8.75. The fourth-order valence-electron chi connectivity index (χ4n) is 2.41. The Kier molecular flexibility index (Phi) is 7.28. The number of hydrogen-bond acceptors (Lipinski definition) is 4. The second-order valence-electron chi connectivity index (χ2n) is 5.15. The Morgan fingerprint density at radius 3 is 2.50 bits per heavy atom. The minimum atomic E-state index is -0.415. The van der Waals surface area contributed by atoms with E-state index in [1.165, 1.54) is 6.42 Å². The zero-order chi connectivity index (χ0) is 13.3. The summed E-state index contributed by atoms with van der Waals surface area (Å²) in [6.45, 7) is 4.12. The van der Waals surface area contributed by atoms with Crippen molar-refractivity contribution < 1.29 is 14.3 Å². The summed E-state index contributed by atoms with van der Waals surface area (Å²) in [4.78, 5) is 12.1. The van der Waals surface area contributed by atoms with Gasteiger partial charge in [0.15, 0.2) is 0 Å². The van der Waals surface area contributed by atoms with Gasteiger partial charge in [0.1, 0.15) is 6.61 Å². The number of nitrogens with two attached hydrogens (primary N) is 1. The van der Waals surface area contributed by atoms with Crippen molar-refractivity contribution in [2.24, 2.45) is 11.1 Å². The summed E-state index contributed by atoms with van der Waals surface area (Å²) in [6, 6.07) is 0. The molecule has 4 heteroatoms. The fraction of sp³-hybridized carbons (Fsp3) is 0.929. The lowest BCUT2D eigenvalue weighted by molar-refractivity contribution is -0.159. The van der Waals surface area contributed by atoms with Gasteiger partial charge >= 0.3 is 5.97 Å². The molecule has 0 bridgehead atoms. The number of esters is 1. The van der Waals surface area contributed by atoms with E-state index in [1.54, 1.807) is 0 Å². The molecule has 0 aliphatic heterocycles. The average Bonchev–Trinajstić information content (AvgIpc) is 2.43. The molecule has 0 spiro atoms. The molecule has 106 valence electrons. The number of rotatable bonds is 8. The molecule has 1 aliphatic carbocycles. The van der Waals surface area contributed by atoms with Gasteiger partial charge in [0.25, 0.3) is 0 Å². The lowest BCUT2D eigenvalue weighted by Crippen LogP contribution is -2.42.